The average molecular weight is 415 g/mol. The minimum Gasteiger partial charge on any atom is -0.466 e. The predicted octanol–water partition coefficient (Wildman–Crippen LogP) is 1.82. The number of thioether (sulfide) groups is 1. The molecule has 0 aromatic rings. The van der Waals surface area contributed by atoms with Gasteiger partial charge in [-0.1, -0.05) is 0 Å². The van der Waals surface area contributed by atoms with Gasteiger partial charge in [-0.25, -0.2) is 0 Å². The molecule has 5 nitrogen and oxygen atoms in total. The van der Waals surface area contributed by atoms with Crippen LogP contribution in [0.4, 0.5) is 0 Å². The lowest BCUT2D eigenvalue weighted by molar-refractivity contribution is -0.149. The van der Waals surface area contributed by atoms with Crippen molar-refractivity contribution in [3.8, 4) is 0 Å². The Morgan fingerprint density at radius 3 is 2.60 bits per heavy atom. The molecule has 1 heterocycles. The van der Waals surface area contributed by atoms with E-state index in [4.69, 9.17) is 4.74 Å². The number of guanidine groups is 1. The van der Waals surface area contributed by atoms with Crippen molar-refractivity contribution in [1.82, 2.24) is 10.2 Å². The van der Waals surface area contributed by atoms with E-state index in [0.29, 0.717) is 6.61 Å². The van der Waals surface area contributed by atoms with Gasteiger partial charge in [0.25, 0.3) is 0 Å². The highest BCUT2D eigenvalue weighted by Crippen LogP contribution is 2.18. The van der Waals surface area contributed by atoms with Gasteiger partial charge in [0.05, 0.1) is 12.5 Å². The van der Waals surface area contributed by atoms with Gasteiger partial charge in [-0.05, 0) is 26.0 Å². The first-order valence-corrected chi connectivity index (χ1v) is 8.23. The minimum absolute atomic E-state index is 0. The molecule has 118 valence electrons. The number of hydrogen-bond acceptors (Lipinski definition) is 4. The van der Waals surface area contributed by atoms with Crippen molar-refractivity contribution < 1.29 is 9.53 Å². The Morgan fingerprint density at radius 1 is 1.45 bits per heavy atom. The fourth-order valence-corrected chi connectivity index (χ4v) is 2.49. The molecule has 1 aliphatic rings. The first-order chi connectivity index (χ1) is 9.22. The van der Waals surface area contributed by atoms with Gasteiger partial charge in [0, 0.05) is 32.4 Å². The monoisotopic (exact) mass is 415 g/mol. The number of nitrogens with zero attached hydrogens (tertiary/aromatic N) is 2. The van der Waals surface area contributed by atoms with E-state index in [0.717, 1.165) is 44.2 Å². The number of carbonyl (C=O) groups excluding carboxylic acids is 1. The normalized spacial score (nSPS) is 16.6. The topological polar surface area (TPSA) is 53.9 Å². The van der Waals surface area contributed by atoms with Crippen molar-refractivity contribution in [2.24, 2.45) is 10.9 Å². The van der Waals surface area contributed by atoms with Gasteiger partial charge in [-0.3, -0.25) is 9.79 Å². The van der Waals surface area contributed by atoms with Gasteiger partial charge in [0.2, 0.25) is 0 Å². The van der Waals surface area contributed by atoms with Crippen LogP contribution >= 0.6 is 35.7 Å². The van der Waals surface area contributed by atoms with E-state index in [1.165, 1.54) is 0 Å². The fraction of sp³-hybridized carbons (Fsp3) is 0.846. The molecule has 0 spiro atoms. The van der Waals surface area contributed by atoms with Gasteiger partial charge in [-0.2, -0.15) is 11.8 Å². The third-order valence-electron chi connectivity index (χ3n) is 3.22. The zero-order valence-corrected chi connectivity index (χ0v) is 15.7. The second-order valence-corrected chi connectivity index (χ2v) is 5.47. The van der Waals surface area contributed by atoms with Crippen molar-refractivity contribution >= 4 is 47.7 Å². The molecule has 1 saturated heterocycles. The SMILES string of the molecule is CCOC(=O)C1CCN(C(=NC)NCCSC)CC1.I. The summed E-state index contributed by atoms with van der Waals surface area (Å²) in [6.07, 6.45) is 3.79. The van der Waals surface area contributed by atoms with E-state index in [1.807, 2.05) is 18.7 Å². The van der Waals surface area contributed by atoms with Crippen LogP contribution in [0, 0.1) is 5.92 Å². The Hall–Kier alpha value is -0.180. The maximum Gasteiger partial charge on any atom is 0.309 e. The lowest BCUT2D eigenvalue weighted by atomic mass is 9.97. The van der Waals surface area contributed by atoms with Crippen LogP contribution in [0.1, 0.15) is 19.8 Å². The molecular weight excluding hydrogens is 389 g/mol. The molecule has 20 heavy (non-hydrogen) atoms. The molecule has 1 rings (SSSR count). The van der Waals surface area contributed by atoms with E-state index in [2.05, 4.69) is 21.5 Å². The highest BCUT2D eigenvalue weighted by Gasteiger charge is 2.27. The molecule has 1 N–H and O–H groups in total. The summed E-state index contributed by atoms with van der Waals surface area (Å²) in [5.41, 5.74) is 0. The Morgan fingerprint density at radius 2 is 2.10 bits per heavy atom. The second-order valence-electron chi connectivity index (χ2n) is 4.48. The van der Waals surface area contributed by atoms with E-state index >= 15 is 0 Å². The van der Waals surface area contributed by atoms with Gasteiger partial charge in [0.1, 0.15) is 0 Å². The Labute approximate surface area is 143 Å². The molecule has 1 aliphatic heterocycles. The van der Waals surface area contributed by atoms with E-state index in [9.17, 15) is 4.79 Å². The summed E-state index contributed by atoms with van der Waals surface area (Å²) < 4.78 is 5.08. The van der Waals surface area contributed by atoms with Crippen molar-refractivity contribution in [2.75, 3.05) is 45.3 Å². The summed E-state index contributed by atoms with van der Waals surface area (Å²) in [5.74, 6) is 2.02. The van der Waals surface area contributed by atoms with E-state index < -0.39 is 0 Å². The average Bonchev–Trinajstić information content (AvgIpc) is 2.44. The number of piperidine rings is 1. The molecule has 0 aromatic heterocycles. The number of rotatable bonds is 5. The number of carbonyl (C=O) groups is 1. The summed E-state index contributed by atoms with van der Waals surface area (Å²) in [4.78, 5) is 18.2. The summed E-state index contributed by atoms with van der Waals surface area (Å²) in [6, 6.07) is 0. The number of esters is 1. The lowest BCUT2D eigenvalue weighted by Gasteiger charge is -2.33. The van der Waals surface area contributed by atoms with E-state index in [1.54, 1.807) is 7.05 Å². The molecule has 0 radical (unpaired) electrons. The van der Waals surface area contributed by atoms with Crippen LogP contribution in [-0.4, -0.2) is 62.1 Å². The maximum atomic E-state index is 11.7. The first kappa shape index (κ1) is 19.8. The van der Waals surface area contributed by atoms with Crippen LogP contribution in [0.25, 0.3) is 0 Å². The van der Waals surface area contributed by atoms with E-state index in [-0.39, 0.29) is 35.9 Å². The summed E-state index contributed by atoms with van der Waals surface area (Å²) in [5, 5.41) is 3.35. The van der Waals surface area contributed by atoms with Crippen LogP contribution in [0.15, 0.2) is 4.99 Å². The van der Waals surface area contributed by atoms with Crippen LogP contribution in [0.5, 0.6) is 0 Å². The van der Waals surface area contributed by atoms with Gasteiger partial charge < -0.3 is 15.0 Å². The zero-order valence-electron chi connectivity index (χ0n) is 12.6. The highest BCUT2D eigenvalue weighted by molar-refractivity contribution is 14.0. The molecule has 0 atom stereocenters. The standard InChI is InChI=1S/C13H25N3O2S.HI/c1-4-18-12(17)11-5-8-16(9-6-11)13(14-2)15-7-10-19-3;/h11H,4-10H2,1-3H3,(H,14,15);1H. The van der Waals surface area contributed by atoms with Crippen molar-refractivity contribution in [3.05, 3.63) is 0 Å². The number of halogens is 1. The summed E-state index contributed by atoms with van der Waals surface area (Å²) in [7, 11) is 1.80. The number of nitrogens with one attached hydrogen (secondary N) is 1. The first-order valence-electron chi connectivity index (χ1n) is 6.84. The van der Waals surface area contributed by atoms with Crippen molar-refractivity contribution in [2.45, 2.75) is 19.8 Å². The van der Waals surface area contributed by atoms with Crippen LogP contribution in [-0.2, 0) is 9.53 Å². The highest BCUT2D eigenvalue weighted by atomic mass is 127. The third kappa shape index (κ3) is 6.51. The largest absolute Gasteiger partial charge is 0.466 e. The molecule has 7 heteroatoms. The van der Waals surface area contributed by atoms with Crippen molar-refractivity contribution in [1.29, 1.82) is 0 Å². The van der Waals surface area contributed by atoms with Crippen molar-refractivity contribution in [3.63, 3.8) is 0 Å². The lowest BCUT2D eigenvalue weighted by Crippen LogP contribution is -2.47. The number of hydrogen-bond donors (Lipinski definition) is 1. The molecule has 1 fully saturated rings. The van der Waals surface area contributed by atoms with Gasteiger partial charge in [-0.15, -0.1) is 24.0 Å². The Kier molecular flexibility index (Phi) is 11.4. The molecular formula is C13H26IN3O2S. The molecule has 0 bridgehead atoms. The maximum absolute atomic E-state index is 11.7. The molecule has 0 saturated carbocycles. The van der Waals surface area contributed by atoms with Crippen LogP contribution in [0.3, 0.4) is 0 Å². The number of aliphatic imine (C=N–C) groups is 1. The van der Waals surface area contributed by atoms with Crippen LogP contribution < -0.4 is 5.32 Å². The number of ether oxygens (including phenoxy) is 1. The molecule has 0 aromatic carbocycles. The molecule has 0 aliphatic carbocycles. The Bertz CT molecular complexity index is 308. The quantitative estimate of drug-likeness (QED) is 0.244. The van der Waals surface area contributed by atoms with Crippen LogP contribution in [0.2, 0.25) is 0 Å². The molecule has 0 amide bonds. The number of likely N-dealkylation sites (tertiary alicyclic amines) is 1. The third-order valence-corrected chi connectivity index (χ3v) is 3.83. The van der Waals surface area contributed by atoms with Gasteiger partial charge in [0.15, 0.2) is 5.96 Å². The summed E-state index contributed by atoms with van der Waals surface area (Å²) >= 11 is 1.81. The Balaban J connectivity index is 0.00000361. The predicted molar refractivity (Wildman–Crippen MR) is 96.1 cm³/mol. The molecule has 0 unspecified atom stereocenters. The van der Waals surface area contributed by atoms with Gasteiger partial charge >= 0.3 is 5.97 Å². The minimum atomic E-state index is -0.0486. The zero-order chi connectivity index (χ0) is 14.1. The summed E-state index contributed by atoms with van der Waals surface area (Å²) in [6.45, 7) is 4.97. The second kappa shape index (κ2) is 11.5. The smallest absolute Gasteiger partial charge is 0.309 e. The fourth-order valence-electron chi connectivity index (χ4n) is 2.18.